The van der Waals surface area contributed by atoms with E-state index >= 15 is 0 Å². The summed E-state index contributed by atoms with van der Waals surface area (Å²) in [7, 11) is 1.41. The third-order valence-corrected chi connectivity index (χ3v) is 10.1. The number of anilines is 1. The number of nitrogens with zero attached hydrogens (tertiary/aromatic N) is 3. The van der Waals surface area contributed by atoms with Crippen molar-refractivity contribution in [3.63, 3.8) is 0 Å². The summed E-state index contributed by atoms with van der Waals surface area (Å²) in [5.74, 6) is 0.636. The summed E-state index contributed by atoms with van der Waals surface area (Å²) < 4.78 is 23.4. The Labute approximate surface area is 202 Å². The molecule has 1 spiro atoms. The second-order valence-corrected chi connectivity index (χ2v) is 12.8. The van der Waals surface area contributed by atoms with Gasteiger partial charge in [-0.2, -0.15) is 0 Å². The maximum atomic E-state index is 13.0. The first-order valence-corrected chi connectivity index (χ1v) is 14.0. The molecule has 182 valence electrons. The van der Waals surface area contributed by atoms with E-state index in [2.05, 4.69) is 59.6 Å². The predicted molar refractivity (Wildman–Crippen MR) is 134 cm³/mol. The summed E-state index contributed by atoms with van der Waals surface area (Å²) >= 11 is 0. The van der Waals surface area contributed by atoms with Gasteiger partial charge in [-0.15, -0.1) is 0 Å². The molecule has 0 bridgehead atoms. The average molecular weight is 483 g/mol. The number of amides is 2. The van der Waals surface area contributed by atoms with Crippen LogP contribution in [0.2, 0.25) is 0 Å². The predicted octanol–water partition coefficient (Wildman–Crippen LogP) is 3.67. The van der Waals surface area contributed by atoms with Crippen molar-refractivity contribution < 1.29 is 13.2 Å². The molecule has 0 unspecified atom stereocenters. The van der Waals surface area contributed by atoms with Crippen LogP contribution in [-0.2, 0) is 15.4 Å². The Kier molecular flexibility index (Phi) is 5.92. The third-order valence-electron chi connectivity index (χ3n) is 8.33. The topological polar surface area (TPSA) is 82.6 Å². The van der Waals surface area contributed by atoms with Gasteiger partial charge in [0.25, 0.3) is 0 Å². The van der Waals surface area contributed by atoms with E-state index < -0.39 is 9.84 Å². The molecule has 3 aliphatic rings. The van der Waals surface area contributed by atoms with E-state index in [1.807, 2.05) is 17.0 Å². The van der Waals surface area contributed by atoms with Gasteiger partial charge in [-0.25, -0.2) is 13.2 Å². The number of nitrogens with one attached hydrogen (secondary N) is 1. The molecule has 1 aromatic carbocycles. The number of benzene rings is 1. The van der Waals surface area contributed by atoms with E-state index in [0.29, 0.717) is 19.4 Å². The Morgan fingerprint density at radius 1 is 1.00 bits per heavy atom. The van der Waals surface area contributed by atoms with Crippen molar-refractivity contribution in [1.82, 2.24) is 15.2 Å². The molecule has 8 heteroatoms. The van der Waals surface area contributed by atoms with Gasteiger partial charge >= 0.3 is 6.03 Å². The lowest BCUT2D eigenvalue weighted by Crippen LogP contribution is -2.54. The molecule has 5 rings (SSSR count). The minimum atomic E-state index is -2.89. The van der Waals surface area contributed by atoms with Gasteiger partial charge in [0.2, 0.25) is 0 Å². The minimum absolute atomic E-state index is 0.0126. The van der Waals surface area contributed by atoms with Gasteiger partial charge in [0.1, 0.15) is 9.84 Å². The molecule has 1 N–H and O–H groups in total. The molecule has 34 heavy (non-hydrogen) atoms. The Morgan fingerprint density at radius 3 is 2.26 bits per heavy atom. The number of urea groups is 1. The Morgan fingerprint density at radius 2 is 1.68 bits per heavy atom. The first kappa shape index (κ1) is 23.3. The smallest absolute Gasteiger partial charge is 0.322 e. The highest BCUT2D eigenvalue weighted by atomic mass is 32.2. The second-order valence-electron chi connectivity index (χ2n) is 10.5. The number of hydrogen-bond donors (Lipinski definition) is 1. The van der Waals surface area contributed by atoms with Crippen LogP contribution in [0.5, 0.6) is 0 Å². The lowest BCUT2D eigenvalue weighted by Gasteiger charge is -2.48. The average Bonchev–Trinajstić information content (AvgIpc) is 3.16. The summed E-state index contributed by atoms with van der Waals surface area (Å²) in [5.41, 5.74) is 2.83. The lowest BCUT2D eigenvalue weighted by atomic mass is 9.69. The molecule has 2 aromatic rings. The fraction of sp³-hybridized carbons (Fsp3) is 0.538. The molecule has 1 aliphatic carbocycles. The molecule has 2 amide bonds. The molecule has 2 saturated heterocycles. The SMILES string of the molecule is CN(C)C1(c2ccccc2)CCC2(CC1)CN(c1ccc(C3CCS(=O)(=O)CC3)nc1)C(=O)N2. The number of rotatable bonds is 4. The fourth-order valence-electron chi connectivity index (χ4n) is 6.07. The summed E-state index contributed by atoms with van der Waals surface area (Å²) in [5, 5.41) is 3.31. The van der Waals surface area contributed by atoms with Crippen LogP contribution in [0.1, 0.15) is 55.7 Å². The van der Waals surface area contributed by atoms with Gasteiger partial charge in [-0.05, 0) is 70.3 Å². The first-order valence-electron chi connectivity index (χ1n) is 12.2. The lowest BCUT2D eigenvalue weighted by molar-refractivity contribution is 0.0658. The summed E-state index contributed by atoms with van der Waals surface area (Å²) in [6.45, 7) is 0.646. The highest BCUT2D eigenvalue weighted by molar-refractivity contribution is 7.91. The van der Waals surface area contributed by atoms with Crippen LogP contribution in [-0.4, -0.2) is 62.0 Å². The number of carbonyl (C=O) groups excluding carboxylic acids is 1. The van der Waals surface area contributed by atoms with Crippen molar-refractivity contribution in [3.8, 4) is 0 Å². The Hall–Kier alpha value is -2.45. The molecule has 1 aromatic heterocycles. The van der Waals surface area contributed by atoms with Gasteiger partial charge in [0.15, 0.2) is 0 Å². The van der Waals surface area contributed by atoms with Gasteiger partial charge in [-0.3, -0.25) is 14.8 Å². The molecule has 3 heterocycles. The van der Waals surface area contributed by atoms with Crippen LogP contribution >= 0.6 is 0 Å². The molecular weight excluding hydrogens is 448 g/mol. The highest BCUT2D eigenvalue weighted by Crippen LogP contribution is 2.46. The fourth-order valence-corrected chi connectivity index (χ4v) is 7.56. The van der Waals surface area contributed by atoms with Crippen molar-refractivity contribution in [3.05, 3.63) is 59.9 Å². The maximum absolute atomic E-state index is 13.0. The van der Waals surface area contributed by atoms with E-state index in [1.54, 1.807) is 6.20 Å². The zero-order valence-electron chi connectivity index (χ0n) is 20.0. The standard InChI is InChI=1S/C26H34N4O3S/c1-29(2)26(21-6-4-3-5-7-21)14-12-25(13-15-26)19-30(24(31)28-25)22-8-9-23(27-18-22)20-10-16-34(32,33)17-11-20/h3-9,18,20H,10-17,19H2,1-2H3,(H,28,31). The second kappa shape index (κ2) is 8.64. The quantitative estimate of drug-likeness (QED) is 0.719. The molecular formula is C26H34N4O3S. The molecule has 0 atom stereocenters. The van der Waals surface area contributed by atoms with Crippen molar-refractivity contribution in [2.75, 3.05) is 37.0 Å². The number of sulfone groups is 1. The van der Waals surface area contributed by atoms with Crippen LogP contribution in [0.15, 0.2) is 48.7 Å². The summed E-state index contributed by atoms with van der Waals surface area (Å²) in [4.78, 5) is 21.8. The Balaban J connectivity index is 1.28. The van der Waals surface area contributed by atoms with Gasteiger partial charge in [0, 0.05) is 17.2 Å². The van der Waals surface area contributed by atoms with Crippen molar-refractivity contribution in [2.24, 2.45) is 0 Å². The zero-order valence-corrected chi connectivity index (χ0v) is 20.9. The molecule has 0 radical (unpaired) electrons. The van der Waals surface area contributed by atoms with Crippen LogP contribution in [0, 0.1) is 0 Å². The minimum Gasteiger partial charge on any atom is -0.330 e. The zero-order chi connectivity index (χ0) is 24.0. The molecule has 3 fully saturated rings. The van der Waals surface area contributed by atoms with Crippen molar-refractivity contribution >= 4 is 21.6 Å². The molecule has 2 aliphatic heterocycles. The van der Waals surface area contributed by atoms with E-state index in [9.17, 15) is 13.2 Å². The number of aromatic nitrogens is 1. The van der Waals surface area contributed by atoms with E-state index in [1.165, 1.54) is 5.56 Å². The van der Waals surface area contributed by atoms with Gasteiger partial charge in [-0.1, -0.05) is 30.3 Å². The van der Waals surface area contributed by atoms with Crippen LogP contribution < -0.4 is 10.2 Å². The number of hydrogen-bond acceptors (Lipinski definition) is 5. The summed E-state index contributed by atoms with van der Waals surface area (Å²) in [6.07, 6.45) is 6.83. The number of pyridine rings is 1. The normalized spacial score (nSPS) is 26.7. The Bertz CT molecular complexity index is 1130. The van der Waals surface area contributed by atoms with Crippen LogP contribution in [0.4, 0.5) is 10.5 Å². The third kappa shape index (κ3) is 4.22. The van der Waals surface area contributed by atoms with E-state index in [0.717, 1.165) is 37.1 Å². The van der Waals surface area contributed by atoms with E-state index in [-0.39, 0.29) is 34.5 Å². The van der Waals surface area contributed by atoms with E-state index in [4.69, 9.17) is 0 Å². The van der Waals surface area contributed by atoms with Crippen molar-refractivity contribution in [2.45, 2.75) is 55.5 Å². The summed E-state index contributed by atoms with van der Waals surface area (Å²) in [6, 6.07) is 14.6. The van der Waals surface area contributed by atoms with Gasteiger partial charge < -0.3 is 5.32 Å². The maximum Gasteiger partial charge on any atom is 0.322 e. The molecule has 1 saturated carbocycles. The monoisotopic (exact) mass is 482 g/mol. The van der Waals surface area contributed by atoms with Crippen LogP contribution in [0.25, 0.3) is 0 Å². The number of carbonyl (C=O) groups is 1. The van der Waals surface area contributed by atoms with Crippen molar-refractivity contribution in [1.29, 1.82) is 0 Å². The van der Waals surface area contributed by atoms with Gasteiger partial charge in [0.05, 0.1) is 35.5 Å². The highest BCUT2D eigenvalue weighted by Gasteiger charge is 2.50. The van der Waals surface area contributed by atoms with Crippen LogP contribution in [0.3, 0.4) is 0 Å². The first-order chi connectivity index (χ1) is 16.2. The largest absolute Gasteiger partial charge is 0.330 e. The molecule has 7 nitrogen and oxygen atoms in total.